The highest BCUT2D eigenvalue weighted by atomic mass is 32.2. The molecule has 1 fully saturated rings. The monoisotopic (exact) mass is 375 g/mol. The summed E-state index contributed by atoms with van der Waals surface area (Å²) in [5.41, 5.74) is 1.98. The lowest BCUT2D eigenvalue weighted by molar-refractivity contribution is 0.568. The summed E-state index contributed by atoms with van der Waals surface area (Å²) >= 11 is 0. The largest absolute Gasteiger partial charge is 0.370 e. The Kier molecular flexibility index (Phi) is 5.73. The van der Waals surface area contributed by atoms with Crippen LogP contribution in [0.5, 0.6) is 0 Å². The van der Waals surface area contributed by atoms with E-state index < -0.39 is 10.0 Å². The molecule has 1 aromatic carbocycles. The van der Waals surface area contributed by atoms with Crippen molar-refractivity contribution in [1.29, 1.82) is 0 Å². The predicted molar refractivity (Wildman–Crippen MR) is 103 cm³/mol. The number of hydrogen-bond acceptors (Lipinski definition) is 6. The molecule has 2 heterocycles. The molecule has 26 heavy (non-hydrogen) atoms. The Morgan fingerprint density at radius 1 is 1.12 bits per heavy atom. The fourth-order valence-electron chi connectivity index (χ4n) is 3.06. The quantitative estimate of drug-likeness (QED) is 0.802. The average Bonchev–Trinajstić information content (AvgIpc) is 2.62. The van der Waals surface area contributed by atoms with Crippen molar-refractivity contribution in [1.82, 2.24) is 9.97 Å². The molecule has 0 bridgehead atoms. The Balaban J connectivity index is 1.60. The zero-order valence-corrected chi connectivity index (χ0v) is 15.8. The minimum atomic E-state index is -3.64. The van der Waals surface area contributed by atoms with E-state index in [1.807, 2.05) is 13.0 Å². The van der Waals surface area contributed by atoms with E-state index in [1.165, 1.54) is 31.4 Å². The maximum absolute atomic E-state index is 11.3. The lowest BCUT2D eigenvalue weighted by Gasteiger charge is -2.27. The Hall–Kier alpha value is -2.19. The molecule has 1 saturated heterocycles. The van der Waals surface area contributed by atoms with E-state index in [1.54, 1.807) is 12.1 Å². The van der Waals surface area contributed by atoms with Crippen LogP contribution in [0.4, 0.5) is 11.8 Å². The zero-order chi connectivity index (χ0) is 18.6. The highest BCUT2D eigenvalue weighted by molar-refractivity contribution is 7.89. The van der Waals surface area contributed by atoms with Gasteiger partial charge in [0.15, 0.2) is 0 Å². The third-order valence-corrected chi connectivity index (χ3v) is 5.38. The Bertz CT molecular complexity index is 846. The molecule has 3 rings (SSSR count). The van der Waals surface area contributed by atoms with E-state index in [2.05, 4.69) is 20.2 Å². The molecule has 7 nitrogen and oxygen atoms in total. The average molecular weight is 375 g/mol. The summed E-state index contributed by atoms with van der Waals surface area (Å²) in [5.74, 6) is 1.61. The number of benzene rings is 1. The van der Waals surface area contributed by atoms with E-state index in [0.717, 1.165) is 42.5 Å². The van der Waals surface area contributed by atoms with Crippen LogP contribution in [0.25, 0.3) is 0 Å². The van der Waals surface area contributed by atoms with Gasteiger partial charge >= 0.3 is 0 Å². The number of piperidine rings is 1. The van der Waals surface area contributed by atoms with Gasteiger partial charge in [0, 0.05) is 31.4 Å². The first-order valence-electron chi connectivity index (χ1n) is 8.88. The molecule has 0 amide bonds. The maximum Gasteiger partial charge on any atom is 0.238 e. The summed E-state index contributed by atoms with van der Waals surface area (Å²) in [6.07, 6.45) is 4.41. The number of hydrogen-bond donors (Lipinski definition) is 2. The van der Waals surface area contributed by atoms with E-state index in [0.29, 0.717) is 6.54 Å². The first-order chi connectivity index (χ1) is 12.4. The normalized spacial score (nSPS) is 15.1. The van der Waals surface area contributed by atoms with Crippen molar-refractivity contribution in [2.24, 2.45) is 5.14 Å². The van der Waals surface area contributed by atoms with Crippen LogP contribution in [0.1, 0.15) is 30.5 Å². The highest BCUT2D eigenvalue weighted by Gasteiger charge is 2.14. The van der Waals surface area contributed by atoms with Gasteiger partial charge in [0.2, 0.25) is 16.0 Å². The van der Waals surface area contributed by atoms with Crippen molar-refractivity contribution < 1.29 is 8.42 Å². The second-order valence-corrected chi connectivity index (χ2v) is 8.17. The molecule has 0 radical (unpaired) electrons. The molecule has 1 aliphatic heterocycles. The number of nitrogens with two attached hydrogens (primary N) is 1. The van der Waals surface area contributed by atoms with Crippen LogP contribution < -0.4 is 15.4 Å². The fraction of sp³-hybridized carbons (Fsp3) is 0.444. The van der Waals surface area contributed by atoms with Crippen LogP contribution in [-0.4, -0.2) is 38.0 Å². The minimum Gasteiger partial charge on any atom is -0.370 e. The molecule has 140 valence electrons. The van der Waals surface area contributed by atoms with Gasteiger partial charge in [-0.2, -0.15) is 4.98 Å². The summed E-state index contributed by atoms with van der Waals surface area (Å²) in [6.45, 7) is 4.70. The third kappa shape index (κ3) is 4.92. The summed E-state index contributed by atoms with van der Waals surface area (Å²) in [7, 11) is -3.64. The lowest BCUT2D eigenvalue weighted by Crippen LogP contribution is -2.31. The van der Waals surface area contributed by atoms with Gasteiger partial charge in [0.25, 0.3) is 0 Å². The first kappa shape index (κ1) is 18.6. The topological polar surface area (TPSA) is 101 Å². The second-order valence-electron chi connectivity index (χ2n) is 6.61. The van der Waals surface area contributed by atoms with Gasteiger partial charge in [-0.1, -0.05) is 12.1 Å². The number of sulfonamides is 1. The van der Waals surface area contributed by atoms with Crippen LogP contribution in [-0.2, 0) is 16.4 Å². The molecular weight excluding hydrogens is 350 g/mol. The molecule has 8 heteroatoms. The molecular formula is C18H25N5O2S. The standard InChI is InChI=1S/C18H25N5O2S/c1-14-13-17(22-18(21-14)23-11-3-2-4-12-23)20-10-9-15-5-7-16(8-6-15)26(19,24)25/h5-8,13H,2-4,9-12H2,1H3,(H2,19,24,25)(H,20,21,22). The van der Waals surface area contributed by atoms with Crippen molar-refractivity contribution in [2.75, 3.05) is 29.9 Å². The Morgan fingerprint density at radius 2 is 1.81 bits per heavy atom. The molecule has 0 unspecified atom stereocenters. The number of rotatable bonds is 6. The SMILES string of the molecule is Cc1cc(NCCc2ccc(S(N)(=O)=O)cc2)nc(N2CCCCC2)n1. The predicted octanol–water partition coefficient (Wildman–Crippen LogP) is 2.08. The van der Waals surface area contributed by atoms with Crippen LogP contribution >= 0.6 is 0 Å². The number of nitrogens with one attached hydrogen (secondary N) is 1. The molecule has 3 N–H and O–H groups in total. The summed E-state index contributed by atoms with van der Waals surface area (Å²) in [6, 6.07) is 8.58. The highest BCUT2D eigenvalue weighted by Crippen LogP contribution is 2.18. The van der Waals surface area contributed by atoms with Crippen molar-refractivity contribution in [3.05, 3.63) is 41.6 Å². The summed E-state index contributed by atoms with van der Waals surface area (Å²) < 4.78 is 22.6. The van der Waals surface area contributed by atoms with Gasteiger partial charge in [0.05, 0.1) is 4.90 Å². The number of anilines is 2. The van der Waals surface area contributed by atoms with Crippen LogP contribution in [0, 0.1) is 6.92 Å². The number of aromatic nitrogens is 2. The maximum atomic E-state index is 11.3. The van der Waals surface area contributed by atoms with Gasteiger partial charge in [-0.05, 0) is 50.3 Å². The molecule has 0 spiro atoms. The molecule has 2 aromatic rings. The fourth-order valence-corrected chi connectivity index (χ4v) is 3.57. The first-order valence-corrected chi connectivity index (χ1v) is 10.4. The lowest BCUT2D eigenvalue weighted by atomic mass is 10.1. The minimum absolute atomic E-state index is 0.131. The number of aryl methyl sites for hydroxylation is 1. The van der Waals surface area contributed by atoms with Crippen molar-refractivity contribution in [3.8, 4) is 0 Å². The second kappa shape index (κ2) is 8.01. The van der Waals surface area contributed by atoms with E-state index in [-0.39, 0.29) is 4.90 Å². The number of nitrogens with zero attached hydrogens (tertiary/aromatic N) is 3. The van der Waals surface area contributed by atoms with Gasteiger partial charge in [-0.25, -0.2) is 18.5 Å². The van der Waals surface area contributed by atoms with E-state index in [9.17, 15) is 8.42 Å². The molecule has 1 aromatic heterocycles. The zero-order valence-electron chi connectivity index (χ0n) is 15.0. The Labute approximate surface area is 154 Å². The van der Waals surface area contributed by atoms with Crippen molar-refractivity contribution in [2.45, 2.75) is 37.5 Å². The summed E-state index contributed by atoms with van der Waals surface area (Å²) in [4.78, 5) is 11.6. The van der Waals surface area contributed by atoms with E-state index in [4.69, 9.17) is 5.14 Å². The van der Waals surface area contributed by atoms with Gasteiger partial charge < -0.3 is 10.2 Å². The van der Waals surface area contributed by atoms with Crippen LogP contribution in [0.15, 0.2) is 35.2 Å². The van der Waals surface area contributed by atoms with Crippen LogP contribution in [0.2, 0.25) is 0 Å². The molecule has 1 aliphatic rings. The molecule has 0 saturated carbocycles. The van der Waals surface area contributed by atoms with Gasteiger partial charge in [-0.3, -0.25) is 0 Å². The molecule has 0 aliphatic carbocycles. The van der Waals surface area contributed by atoms with Gasteiger partial charge in [0.1, 0.15) is 5.82 Å². The summed E-state index contributed by atoms with van der Waals surface area (Å²) in [5, 5.41) is 8.45. The Morgan fingerprint density at radius 3 is 2.46 bits per heavy atom. The van der Waals surface area contributed by atoms with Crippen LogP contribution in [0.3, 0.4) is 0 Å². The molecule has 0 atom stereocenters. The van der Waals surface area contributed by atoms with Gasteiger partial charge in [-0.15, -0.1) is 0 Å². The third-order valence-electron chi connectivity index (χ3n) is 4.45. The van der Waals surface area contributed by atoms with E-state index >= 15 is 0 Å². The smallest absolute Gasteiger partial charge is 0.238 e. The van der Waals surface area contributed by atoms with Crippen molar-refractivity contribution >= 4 is 21.8 Å². The van der Waals surface area contributed by atoms with Crippen molar-refractivity contribution in [3.63, 3.8) is 0 Å². The number of primary sulfonamides is 1.